The summed E-state index contributed by atoms with van der Waals surface area (Å²) in [7, 11) is 0. The van der Waals surface area contributed by atoms with Crippen molar-refractivity contribution in [2.24, 2.45) is 5.41 Å². The average Bonchev–Trinajstić information content (AvgIpc) is 2.54. The lowest BCUT2D eigenvalue weighted by molar-refractivity contribution is -0.123. The molecule has 0 bridgehead atoms. The molecule has 0 saturated heterocycles. The maximum Gasteiger partial charge on any atom is 0.229 e. The molecule has 0 aromatic heterocycles. The van der Waals surface area contributed by atoms with Crippen LogP contribution in [0.25, 0.3) is 0 Å². The molecule has 0 heterocycles. The van der Waals surface area contributed by atoms with Gasteiger partial charge in [-0.1, -0.05) is 20.8 Å². The van der Waals surface area contributed by atoms with E-state index in [0.29, 0.717) is 11.3 Å². The van der Waals surface area contributed by atoms with E-state index in [2.05, 4.69) is 5.32 Å². The van der Waals surface area contributed by atoms with Gasteiger partial charge in [-0.05, 0) is 48.5 Å². The number of hydrogen-bond acceptors (Lipinski definition) is 3. The van der Waals surface area contributed by atoms with E-state index < -0.39 is 5.41 Å². The second kappa shape index (κ2) is 7.62. The minimum atomic E-state index is -0.472. The highest BCUT2D eigenvalue weighted by molar-refractivity contribution is 8.00. The smallest absolute Gasteiger partial charge is 0.229 e. The van der Waals surface area contributed by atoms with E-state index in [0.717, 1.165) is 4.90 Å². The molecular weight excluding hydrogens is 325 g/mol. The first-order valence-electron chi connectivity index (χ1n) is 7.59. The van der Waals surface area contributed by atoms with E-state index in [4.69, 9.17) is 0 Å². The van der Waals surface area contributed by atoms with Crippen molar-refractivity contribution < 1.29 is 14.0 Å². The van der Waals surface area contributed by atoms with Gasteiger partial charge in [0, 0.05) is 21.6 Å². The number of anilines is 1. The number of carbonyl (C=O) groups excluding carboxylic acids is 2. The molecule has 0 spiro atoms. The van der Waals surface area contributed by atoms with E-state index in [9.17, 15) is 14.0 Å². The number of hydrogen-bond donors (Lipinski definition) is 1. The number of ketones is 1. The quantitative estimate of drug-likeness (QED) is 0.626. The van der Waals surface area contributed by atoms with E-state index >= 15 is 0 Å². The highest BCUT2D eigenvalue weighted by Gasteiger charge is 2.21. The van der Waals surface area contributed by atoms with Gasteiger partial charge in [0.1, 0.15) is 5.82 Å². The molecule has 1 N–H and O–H groups in total. The molecule has 2 rings (SSSR count). The van der Waals surface area contributed by atoms with Crippen molar-refractivity contribution in [2.45, 2.75) is 25.7 Å². The third-order valence-corrected chi connectivity index (χ3v) is 4.34. The van der Waals surface area contributed by atoms with Crippen molar-refractivity contribution in [3.8, 4) is 0 Å². The van der Waals surface area contributed by atoms with Crippen LogP contribution in [0.4, 0.5) is 10.1 Å². The zero-order valence-corrected chi connectivity index (χ0v) is 14.7. The molecule has 0 saturated carbocycles. The maximum atomic E-state index is 12.8. The number of rotatable bonds is 5. The Morgan fingerprint density at radius 3 is 2.12 bits per heavy atom. The number of Topliss-reactive ketones (excluding diaryl/α,β-unsaturated/α-hetero) is 1. The summed E-state index contributed by atoms with van der Waals surface area (Å²) in [5.41, 5.74) is 0.774. The Hall–Kier alpha value is -2.14. The summed E-state index contributed by atoms with van der Waals surface area (Å²) in [4.78, 5) is 25.0. The highest BCUT2D eigenvalue weighted by Crippen LogP contribution is 2.21. The minimum absolute atomic E-state index is 0.0157. The normalized spacial score (nSPS) is 11.2. The largest absolute Gasteiger partial charge is 0.326 e. The van der Waals surface area contributed by atoms with Crippen LogP contribution in [-0.2, 0) is 4.79 Å². The molecule has 24 heavy (non-hydrogen) atoms. The summed E-state index contributed by atoms with van der Waals surface area (Å²) in [6.45, 7) is 5.52. The van der Waals surface area contributed by atoms with Gasteiger partial charge in [0.2, 0.25) is 5.91 Å². The van der Waals surface area contributed by atoms with Gasteiger partial charge < -0.3 is 5.32 Å². The molecule has 1 amide bonds. The Kier molecular flexibility index (Phi) is 5.78. The lowest BCUT2D eigenvalue weighted by atomic mass is 9.95. The van der Waals surface area contributed by atoms with Crippen molar-refractivity contribution >= 4 is 29.1 Å². The Labute approximate surface area is 145 Å². The van der Waals surface area contributed by atoms with E-state index in [1.807, 2.05) is 20.8 Å². The van der Waals surface area contributed by atoms with Crippen LogP contribution in [0.3, 0.4) is 0 Å². The van der Waals surface area contributed by atoms with Gasteiger partial charge >= 0.3 is 0 Å². The van der Waals surface area contributed by atoms with Gasteiger partial charge in [-0.15, -0.1) is 11.8 Å². The third kappa shape index (κ3) is 5.20. The number of amides is 1. The fourth-order valence-electron chi connectivity index (χ4n) is 1.82. The van der Waals surface area contributed by atoms with Crippen LogP contribution in [-0.4, -0.2) is 17.4 Å². The zero-order valence-electron chi connectivity index (χ0n) is 13.9. The predicted molar refractivity (Wildman–Crippen MR) is 96.0 cm³/mol. The monoisotopic (exact) mass is 345 g/mol. The molecule has 0 fully saturated rings. The van der Waals surface area contributed by atoms with Gasteiger partial charge in [-0.25, -0.2) is 4.39 Å². The summed E-state index contributed by atoms with van der Waals surface area (Å²) in [5, 5.41) is 2.82. The van der Waals surface area contributed by atoms with Crippen LogP contribution in [0.1, 0.15) is 31.1 Å². The summed E-state index contributed by atoms with van der Waals surface area (Å²) in [6, 6.07) is 12.9. The molecule has 126 valence electrons. The average molecular weight is 345 g/mol. The first kappa shape index (κ1) is 18.2. The summed E-state index contributed by atoms with van der Waals surface area (Å²) in [5.74, 6) is -0.107. The van der Waals surface area contributed by atoms with Crippen molar-refractivity contribution in [3.63, 3.8) is 0 Å². The summed E-state index contributed by atoms with van der Waals surface area (Å²) in [6.07, 6.45) is 0. The summed E-state index contributed by atoms with van der Waals surface area (Å²) < 4.78 is 12.8. The maximum absolute atomic E-state index is 12.8. The molecule has 0 aliphatic heterocycles. The van der Waals surface area contributed by atoms with Crippen LogP contribution >= 0.6 is 11.8 Å². The molecule has 2 aromatic rings. The van der Waals surface area contributed by atoms with Crippen LogP contribution in [0.15, 0.2) is 53.4 Å². The van der Waals surface area contributed by atoms with E-state index in [-0.39, 0.29) is 23.3 Å². The van der Waals surface area contributed by atoms with Crippen molar-refractivity contribution in [2.75, 3.05) is 11.1 Å². The van der Waals surface area contributed by atoms with Gasteiger partial charge in [0.25, 0.3) is 0 Å². The van der Waals surface area contributed by atoms with Crippen LogP contribution < -0.4 is 5.32 Å². The van der Waals surface area contributed by atoms with Crippen molar-refractivity contribution in [1.82, 2.24) is 0 Å². The Bertz CT molecular complexity index is 719. The fraction of sp³-hybridized carbons (Fsp3) is 0.263. The standard InChI is InChI=1S/C19H20FNO2S/c1-19(2,3)18(23)21-15-8-4-13(5-9-15)17(22)12-24-16-10-6-14(20)7-11-16/h4-11H,12H2,1-3H3,(H,21,23). The number of carbonyl (C=O) groups is 2. The van der Waals surface area contributed by atoms with Gasteiger partial charge in [-0.3, -0.25) is 9.59 Å². The van der Waals surface area contributed by atoms with Gasteiger partial charge in [-0.2, -0.15) is 0 Å². The molecule has 2 aromatic carbocycles. The SMILES string of the molecule is CC(C)(C)C(=O)Nc1ccc(C(=O)CSc2ccc(F)cc2)cc1. The van der Waals surface area contributed by atoms with Gasteiger partial charge in [0.15, 0.2) is 5.78 Å². The van der Waals surface area contributed by atoms with Crippen LogP contribution in [0.2, 0.25) is 0 Å². The molecule has 0 aliphatic carbocycles. The van der Waals surface area contributed by atoms with Gasteiger partial charge in [0.05, 0.1) is 5.75 Å². The van der Waals surface area contributed by atoms with Crippen LogP contribution in [0, 0.1) is 11.2 Å². The van der Waals surface area contributed by atoms with Crippen LogP contribution in [0.5, 0.6) is 0 Å². The molecule has 0 radical (unpaired) electrons. The first-order valence-corrected chi connectivity index (χ1v) is 8.57. The van der Waals surface area contributed by atoms with E-state index in [1.165, 1.54) is 23.9 Å². The number of halogens is 1. The Morgan fingerprint density at radius 2 is 1.58 bits per heavy atom. The molecule has 0 unspecified atom stereocenters. The Balaban J connectivity index is 1.93. The Morgan fingerprint density at radius 1 is 1.00 bits per heavy atom. The number of nitrogens with one attached hydrogen (secondary N) is 1. The topological polar surface area (TPSA) is 46.2 Å². The zero-order chi connectivity index (χ0) is 17.7. The van der Waals surface area contributed by atoms with E-state index in [1.54, 1.807) is 36.4 Å². The molecule has 3 nitrogen and oxygen atoms in total. The predicted octanol–water partition coefficient (Wildman–Crippen LogP) is 4.79. The van der Waals surface area contributed by atoms with Crippen molar-refractivity contribution in [1.29, 1.82) is 0 Å². The van der Waals surface area contributed by atoms with Crippen molar-refractivity contribution in [3.05, 3.63) is 59.9 Å². The number of benzene rings is 2. The highest BCUT2D eigenvalue weighted by atomic mass is 32.2. The lowest BCUT2D eigenvalue weighted by Gasteiger charge is -2.17. The molecule has 0 aliphatic rings. The summed E-state index contributed by atoms with van der Waals surface area (Å²) >= 11 is 1.36. The molecule has 0 atom stereocenters. The number of thioether (sulfide) groups is 1. The first-order chi connectivity index (χ1) is 11.3. The molecule has 5 heteroatoms. The second-order valence-electron chi connectivity index (χ2n) is 6.45. The second-order valence-corrected chi connectivity index (χ2v) is 7.50. The third-order valence-electron chi connectivity index (χ3n) is 3.33. The fourth-order valence-corrected chi connectivity index (χ4v) is 2.61. The molecular formula is C19H20FNO2S. The lowest BCUT2D eigenvalue weighted by Crippen LogP contribution is -2.27. The minimum Gasteiger partial charge on any atom is -0.326 e.